The van der Waals surface area contributed by atoms with Gasteiger partial charge in [-0.25, -0.2) is 0 Å². The highest BCUT2D eigenvalue weighted by Crippen LogP contribution is 2.26. The Morgan fingerprint density at radius 3 is 3.10 bits per heavy atom. The molecule has 1 atom stereocenters. The number of fused-ring (bicyclic) bond motifs is 1. The number of allylic oxidation sites excluding steroid dienone is 5. The largest absolute Gasteiger partial charge is 0.487 e. The zero-order valence-electron chi connectivity index (χ0n) is 11.6. The second kappa shape index (κ2) is 6.31. The molecule has 2 aliphatic rings. The molecular formula is C17H17BrN2O. The van der Waals surface area contributed by atoms with Crippen LogP contribution in [0.2, 0.25) is 0 Å². The summed E-state index contributed by atoms with van der Waals surface area (Å²) in [5.41, 5.74) is 2.71. The fourth-order valence-corrected chi connectivity index (χ4v) is 2.76. The second-order valence-corrected chi connectivity index (χ2v) is 6.09. The molecule has 0 bridgehead atoms. The van der Waals surface area contributed by atoms with Crippen LogP contribution in [0.5, 0.6) is 5.75 Å². The second-order valence-electron chi connectivity index (χ2n) is 5.17. The fourth-order valence-electron chi connectivity index (χ4n) is 2.42. The van der Waals surface area contributed by atoms with E-state index in [1.807, 2.05) is 30.4 Å². The molecule has 1 aromatic carbocycles. The molecule has 0 saturated carbocycles. The first-order valence-electron chi connectivity index (χ1n) is 7.00. The van der Waals surface area contributed by atoms with E-state index < -0.39 is 0 Å². The molecule has 0 spiro atoms. The quantitative estimate of drug-likeness (QED) is 0.797. The molecule has 1 aromatic rings. The van der Waals surface area contributed by atoms with Crippen molar-refractivity contribution in [2.75, 3.05) is 6.61 Å². The summed E-state index contributed by atoms with van der Waals surface area (Å²) in [6.45, 7) is 1.19. The summed E-state index contributed by atoms with van der Waals surface area (Å²) in [4.78, 5) is 0. The van der Waals surface area contributed by atoms with Gasteiger partial charge < -0.3 is 15.5 Å². The van der Waals surface area contributed by atoms with Gasteiger partial charge in [-0.3, -0.25) is 0 Å². The zero-order valence-corrected chi connectivity index (χ0v) is 13.2. The Hall–Kier alpha value is -1.81. The molecule has 0 saturated heterocycles. The van der Waals surface area contributed by atoms with Crippen LogP contribution >= 0.6 is 15.9 Å². The van der Waals surface area contributed by atoms with Crippen molar-refractivity contribution in [3.63, 3.8) is 0 Å². The number of halogens is 1. The molecule has 1 aliphatic carbocycles. The third-order valence-corrected chi connectivity index (χ3v) is 4.12. The lowest BCUT2D eigenvalue weighted by Gasteiger charge is -2.13. The lowest BCUT2D eigenvalue weighted by Crippen LogP contribution is -2.18. The minimum absolute atomic E-state index is 0.170. The molecule has 0 amide bonds. The Balaban J connectivity index is 1.71. The summed E-state index contributed by atoms with van der Waals surface area (Å²) in [6.07, 6.45) is 11.0. The number of nitrogens with one attached hydrogen (secondary N) is 2. The minimum atomic E-state index is 0.170. The van der Waals surface area contributed by atoms with Crippen LogP contribution in [0.1, 0.15) is 12.0 Å². The molecule has 21 heavy (non-hydrogen) atoms. The Morgan fingerprint density at radius 2 is 2.29 bits per heavy atom. The number of rotatable bonds is 2. The lowest BCUT2D eigenvalue weighted by atomic mass is 9.95. The first-order valence-corrected chi connectivity index (χ1v) is 7.79. The highest BCUT2D eigenvalue weighted by atomic mass is 79.9. The fraction of sp³-hybridized carbons (Fsp3) is 0.235. The molecule has 1 unspecified atom stereocenters. The van der Waals surface area contributed by atoms with Crippen molar-refractivity contribution in [1.29, 1.82) is 5.41 Å². The number of benzene rings is 1. The summed E-state index contributed by atoms with van der Waals surface area (Å²) in [7, 11) is 0. The summed E-state index contributed by atoms with van der Waals surface area (Å²) >= 11 is 3.46. The molecule has 2 N–H and O–H groups in total. The summed E-state index contributed by atoms with van der Waals surface area (Å²) in [5, 5.41) is 11.6. The smallest absolute Gasteiger partial charge is 0.128 e. The Labute approximate surface area is 133 Å². The molecule has 4 heteroatoms. The predicted octanol–water partition coefficient (Wildman–Crippen LogP) is 3.97. The molecule has 1 aliphatic heterocycles. The van der Waals surface area contributed by atoms with E-state index in [4.69, 9.17) is 10.1 Å². The monoisotopic (exact) mass is 344 g/mol. The van der Waals surface area contributed by atoms with E-state index in [9.17, 15) is 0 Å². The molecule has 0 fully saturated rings. The van der Waals surface area contributed by atoms with E-state index in [-0.39, 0.29) is 5.92 Å². The summed E-state index contributed by atoms with van der Waals surface area (Å²) in [6, 6.07) is 6.05. The Bertz CT molecular complexity index is 646. The maximum absolute atomic E-state index is 8.22. The third-order valence-electron chi connectivity index (χ3n) is 3.63. The van der Waals surface area contributed by atoms with E-state index in [0.717, 1.165) is 34.4 Å². The Morgan fingerprint density at radius 1 is 1.38 bits per heavy atom. The van der Waals surface area contributed by atoms with Crippen LogP contribution in [0.25, 0.3) is 0 Å². The molecule has 3 rings (SSSR count). The van der Waals surface area contributed by atoms with Gasteiger partial charge in [-0.05, 0) is 24.6 Å². The van der Waals surface area contributed by atoms with Crippen LogP contribution in [-0.2, 0) is 6.54 Å². The van der Waals surface area contributed by atoms with Crippen LogP contribution in [0, 0.1) is 11.3 Å². The van der Waals surface area contributed by atoms with Gasteiger partial charge in [-0.15, -0.1) is 0 Å². The van der Waals surface area contributed by atoms with Crippen LogP contribution in [-0.4, -0.2) is 12.3 Å². The van der Waals surface area contributed by atoms with Crippen molar-refractivity contribution in [2.24, 2.45) is 5.92 Å². The van der Waals surface area contributed by atoms with Crippen molar-refractivity contribution in [1.82, 2.24) is 5.32 Å². The zero-order chi connectivity index (χ0) is 14.7. The van der Waals surface area contributed by atoms with Gasteiger partial charge in [0, 0.05) is 28.2 Å². The topological polar surface area (TPSA) is 45.1 Å². The normalized spacial score (nSPS) is 22.1. The average Bonchev–Trinajstić information content (AvgIpc) is 2.70. The maximum Gasteiger partial charge on any atom is 0.128 e. The number of hydrogen-bond acceptors (Lipinski definition) is 3. The molecule has 1 heterocycles. The van der Waals surface area contributed by atoms with Crippen molar-refractivity contribution in [3.8, 4) is 5.75 Å². The van der Waals surface area contributed by atoms with Gasteiger partial charge in [0.1, 0.15) is 12.4 Å². The first-order chi connectivity index (χ1) is 10.2. The van der Waals surface area contributed by atoms with Crippen LogP contribution in [0.3, 0.4) is 0 Å². The highest BCUT2D eigenvalue weighted by molar-refractivity contribution is 9.10. The standard InChI is InChI=1S/C17H17BrN2O/c18-14-7-6-13-10-20-15(11-21-17(13)8-14)9-16(19)12-4-2-1-3-5-12/h1-4,6-9,12,19-20H,5,10-11H2/b15-9-,19-16?. The molecular weight excluding hydrogens is 328 g/mol. The molecule has 0 aromatic heterocycles. The van der Waals surface area contributed by atoms with Gasteiger partial charge in [-0.1, -0.05) is 46.3 Å². The van der Waals surface area contributed by atoms with Gasteiger partial charge in [0.25, 0.3) is 0 Å². The van der Waals surface area contributed by atoms with E-state index in [0.29, 0.717) is 12.3 Å². The van der Waals surface area contributed by atoms with Crippen molar-refractivity contribution in [2.45, 2.75) is 13.0 Å². The average molecular weight is 345 g/mol. The minimum Gasteiger partial charge on any atom is -0.487 e. The molecule has 3 nitrogen and oxygen atoms in total. The van der Waals surface area contributed by atoms with E-state index >= 15 is 0 Å². The highest BCUT2D eigenvalue weighted by Gasteiger charge is 2.14. The van der Waals surface area contributed by atoms with Crippen molar-refractivity contribution < 1.29 is 4.74 Å². The van der Waals surface area contributed by atoms with E-state index in [1.54, 1.807) is 0 Å². The number of hydrogen-bond donors (Lipinski definition) is 2. The third kappa shape index (κ3) is 3.45. The first kappa shape index (κ1) is 14.1. The van der Waals surface area contributed by atoms with Gasteiger partial charge in [0.2, 0.25) is 0 Å². The van der Waals surface area contributed by atoms with Crippen LogP contribution in [0.4, 0.5) is 0 Å². The predicted molar refractivity (Wildman–Crippen MR) is 88.7 cm³/mol. The van der Waals surface area contributed by atoms with Crippen LogP contribution in [0.15, 0.2) is 58.7 Å². The Kier molecular flexibility index (Phi) is 4.25. The number of ether oxygens (including phenoxy) is 1. The van der Waals surface area contributed by atoms with E-state index in [2.05, 4.69) is 39.5 Å². The van der Waals surface area contributed by atoms with Crippen molar-refractivity contribution >= 4 is 21.6 Å². The van der Waals surface area contributed by atoms with E-state index in [1.165, 1.54) is 0 Å². The summed E-state index contributed by atoms with van der Waals surface area (Å²) in [5.74, 6) is 1.07. The maximum atomic E-state index is 8.22. The van der Waals surface area contributed by atoms with Gasteiger partial charge in [0.05, 0.1) is 5.70 Å². The van der Waals surface area contributed by atoms with Crippen molar-refractivity contribution in [3.05, 3.63) is 64.3 Å². The molecule has 108 valence electrons. The molecule has 0 radical (unpaired) electrons. The summed E-state index contributed by atoms with van der Waals surface area (Å²) < 4.78 is 6.86. The lowest BCUT2D eigenvalue weighted by molar-refractivity contribution is 0.350. The van der Waals surface area contributed by atoms with Gasteiger partial charge in [0.15, 0.2) is 0 Å². The SMILES string of the molecule is N=C(/C=C1/COc2cc(Br)ccc2CN1)C1C=CC=CC1. The van der Waals surface area contributed by atoms with Crippen LogP contribution < -0.4 is 10.1 Å². The van der Waals surface area contributed by atoms with Gasteiger partial charge >= 0.3 is 0 Å². The van der Waals surface area contributed by atoms with Gasteiger partial charge in [-0.2, -0.15) is 0 Å².